The summed E-state index contributed by atoms with van der Waals surface area (Å²) in [5.41, 5.74) is 0. The van der Waals surface area contributed by atoms with E-state index in [0.29, 0.717) is 12.5 Å². The average Bonchev–Trinajstić information content (AvgIpc) is 2.37. The van der Waals surface area contributed by atoms with Crippen LogP contribution in [0.25, 0.3) is 0 Å². The first-order chi connectivity index (χ1) is 8.70. The maximum absolute atomic E-state index is 8.90. The molecule has 0 aliphatic rings. The highest BCUT2D eigenvalue weighted by Gasteiger charge is 1.98. The highest BCUT2D eigenvalue weighted by Crippen LogP contribution is 2.12. The lowest BCUT2D eigenvalue weighted by Crippen LogP contribution is -1.97. The van der Waals surface area contributed by atoms with E-state index in [-0.39, 0.29) is 0 Å². The third-order valence-corrected chi connectivity index (χ3v) is 3.27. The molecular weight excluding hydrogens is 220 g/mol. The Morgan fingerprint density at radius 2 is 1.50 bits per heavy atom. The largest absolute Gasteiger partial charge is 0.396 e. The predicted octanol–water partition coefficient (Wildman–Crippen LogP) is 5.11. The zero-order valence-electron chi connectivity index (χ0n) is 12.6. The Bertz CT molecular complexity index is 218. The van der Waals surface area contributed by atoms with Crippen molar-refractivity contribution >= 4 is 0 Å². The highest BCUT2D eigenvalue weighted by atomic mass is 16.3. The molecule has 1 N–H and O–H groups in total. The molecule has 0 saturated heterocycles. The normalized spacial score (nSPS) is 15.6. The van der Waals surface area contributed by atoms with E-state index in [1.54, 1.807) is 0 Å². The molecule has 0 fully saturated rings. The van der Waals surface area contributed by atoms with E-state index >= 15 is 0 Å². The number of rotatable bonds is 11. The Kier molecular flexibility index (Phi) is 12.5. The molecule has 18 heavy (non-hydrogen) atoms. The van der Waals surface area contributed by atoms with Gasteiger partial charge in [-0.3, -0.25) is 0 Å². The Morgan fingerprint density at radius 3 is 2.11 bits per heavy atom. The molecule has 106 valence electrons. The minimum absolute atomic E-state index is 0.295. The number of hydrogen-bond donors (Lipinski definition) is 1. The Morgan fingerprint density at radius 1 is 0.889 bits per heavy atom. The van der Waals surface area contributed by atoms with Gasteiger partial charge in [-0.2, -0.15) is 0 Å². The van der Waals surface area contributed by atoms with Crippen molar-refractivity contribution in [3.63, 3.8) is 0 Å². The van der Waals surface area contributed by atoms with Gasteiger partial charge in [0.1, 0.15) is 0 Å². The fourth-order valence-corrected chi connectivity index (χ4v) is 1.79. The average molecular weight is 252 g/mol. The van der Waals surface area contributed by atoms with Crippen molar-refractivity contribution in [1.29, 1.82) is 0 Å². The summed E-state index contributed by atoms with van der Waals surface area (Å²) in [6, 6.07) is 0. The molecule has 0 rings (SSSR count). The Labute approximate surface area is 114 Å². The van der Waals surface area contributed by atoms with Crippen molar-refractivity contribution in [2.75, 3.05) is 6.61 Å². The zero-order chi connectivity index (χ0) is 13.6. The van der Waals surface area contributed by atoms with Crippen molar-refractivity contribution in [1.82, 2.24) is 0 Å². The molecule has 0 aliphatic heterocycles. The first-order valence-corrected chi connectivity index (χ1v) is 7.61. The maximum Gasteiger partial charge on any atom is 0.0459 e. The molecule has 1 nitrogen and oxygen atoms in total. The minimum atomic E-state index is 0.295. The number of aliphatic hydroxyl groups excluding tert-OH is 1. The van der Waals surface area contributed by atoms with Gasteiger partial charge in [-0.1, -0.05) is 57.9 Å². The van der Waals surface area contributed by atoms with Crippen LogP contribution in [0, 0.1) is 11.8 Å². The van der Waals surface area contributed by atoms with Crippen LogP contribution in [-0.4, -0.2) is 11.7 Å². The molecule has 0 aliphatic carbocycles. The third-order valence-electron chi connectivity index (χ3n) is 3.27. The van der Waals surface area contributed by atoms with Gasteiger partial charge >= 0.3 is 0 Å². The van der Waals surface area contributed by atoms with Crippen molar-refractivity contribution < 1.29 is 5.11 Å². The van der Waals surface area contributed by atoms with Gasteiger partial charge in [0.2, 0.25) is 0 Å². The lowest BCUT2D eigenvalue weighted by Gasteiger charge is -2.06. The summed E-state index contributed by atoms with van der Waals surface area (Å²) < 4.78 is 0. The Hall–Kier alpha value is -0.560. The SMILES string of the molecule is CCCCC=CCC(C)CCC=CCC(C)CO. The lowest BCUT2D eigenvalue weighted by atomic mass is 10.0. The van der Waals surface area contributed by atoms with E-state index in [4.69, 9.17) is 5.11 Å². The zero-order valence-corrected chi connectivity index (χ0v) is 12.6. The molecule has 0 aromatic carbocycles. The molecule has 0 saturated carbocycles. The molecule has 0 heterocycles. The van der Waals surface area contributed by atoms with Crippen molar-refractivity contribution in [2.24, 2.45) is 11.8 Å². The van der Waals surface area contributed by atoms with Crippen LogP contribution >= 0.6 is 0 Å². The summed E-state index contributed by atoms with van der Waals surface area (Å²) in [6.45, 7) is 6.94. The molecule has 2 atom stereocenters. The van der Waals surface area contributed by atoms with Crippen LogP contribution in [0.4, 0.5) is 0 Å². The van der Waals surface area contributed by atoms with Gasteiger partial charge in [-0.15, -0.1) is 0 Å². The smallest absolute Gasteiger partial charge is 0.0459 e. The van der Waals surface area contributed by atoms with E-state index in [0.717, 1.165) is 12.3 Å². The summed E-state index contributed by atoms with van der Waals surface area (Å²) in [5, 5.41) is 8.90. The van der Waals surface area contributed by atoms with Gasteiger partial charge in [0, 0.05) is 6.61 Å². The van der Waals surface area contributed by atoms with Crippen molar-refractivity contribution in [3.05, 3.63) is 24.3 Å². The van der Waals surface area contributed by atoms with Crippen molar-refractivity contribution in [3.8, 4) is 0 Å². The third kappa shape index (κ3) is 11.9. The van der Waals surface area contributed by atoms with E-state index in [9.17, 15) is 0 Å². The molecule has 0 spiro atoms. The molecule has 0 radical (unpaired) electrons. The summed E-state index contributed by atoms with van der Waals surface area (Å²) >= 11 is 0. The van der Waals surface area contributed by atoms with Gasteiger partial charge in [0.05, 0.1) is 0 Å². The van der Waals surface area contributed by atoms with E-state index in [2.05, 4.69) is 45.1 Å². The minimum Gasteiger partial charge on any atom is -0.396 e. The molecule has 0 aromatic heterocycles. The van der Waals surface area contributed by atoms with Crippen LogP contribution in [0.5, 0.6) is 0 Å². The second-order valence-corrected chi connectivity index (χ2v) is 5.53. The highest BCUT2D eigenvalue weighted by molar-refractivity contribution is 4.86. The second kappa shape index (κ2) is 12.9. The number of aliphatic hydroxyl groups is 1. The maximum atomic E-state index is 8.90. The van der Waals surface area contributed by atoms with Crippen molar-refractivity contribution in [2.45, 2.75) is 65.7 Å². The first-order valence-electron chi connectivity index (χ1n) is 7.61. The molecule has 0 bridgehead atoms. The number of allylic oxidation sites excluding steroid dienone is 4. The Balaban J connectivity index is 3.46. The van der Waals surface area contributed by atoms with E-state index < -0.39 is 0 Å². The summed E-state index contributed by atoms with van der Waals surface area (Å²) in [5.74, 6) is 1.18. The molecule has 0 amide bonds. The van der Waals surface area contributed by atoms with Gasteiger partial charge < -0.3 is 5.11 Å². The van der Waals surface area contributed by atoms with Crippen LogP contribution in [0.15, 0.2) is 24.3 Å². The van der Waals surface area contributed by atoms with Gasteiger partial charge in [-0.25, -0.2) is 0 Å². The van der Waals surface area contributed by atoms with E-state index in [1.807, 2.05) is 0 Å². The second-order valence-electron chi connectivity index (χ2n) is 5.53. The predicted molar refractivity (Wildman–Crippen MR) is 81.7 cm³/mol. The van der Waals surface area contributed by atoms with Crippen LogP contribution < -0.4 is 0 Å². The van der Waals surface area contributed by atoms with Crippen LogP contribution in [0.1, 0.15) is 65.7 Å². The van der Waals surface area contributed by atoms with E-state index in [1.165, 1.54) is 38.5 Å². The van der Waals surface area contributed by atoms with Gasteiger partial charge in [-0.05, 0) is 43.9 Å². The fourth-order valence-electron chi connectivity index (χ4n) is 1.79. The molecule has 2 unspecified atom stereocenters. The fraction of sp³-hybridized carbons (Fsp3) is 0.765. The standard InChI is InChI=1S/C17H32O/c1-4-5-6-7-9-12-16(2)13-10-8-11-14-17(3)15-18/h7-9,11,16-18H,4-6,10,12-15H2,1-3H3. The number of unbranched alkanes of at least 4 members (excludes halogenated alkanes) is 2. The number of hydrogen-bond acceptors (Lipinski definition) is 1. The first kappa shape index (κ1) is 17.4. The lowest BCUT2D eigenvalue weighted by molar-refractivity contribution is 0.239. The summed E-state index contributed by atoms with van der Waals surface area (Å²) in [6.07, 6.45) is 17.7. The van der Waals surface area contributed by atoms with Crippen LogP contribution in [0.2, 0.25) is 0 Å². The van der Waals surface area contributed by atoms with Crippen LogP contribution in [-0.2, 0) is 0 Å². The monoisotopic (exact) mass is 252 g/mol. The molecule has 0 aromatic rings. The summed E-state index contributed by atoms with van der Waals surface area (Å²) in [4.78, 5) is 0. The topological polar surface area (TPSA) is 20.2 Å². The van der Waals surface area contributed by atoms with Gasteiger partial charge in [0.15, 0.2) is 0 Å². The molecular formula is C17H32O. The quantitative estimate of drug-likeness (QED) is 0.400. The van der Waals surface area contributed by atoms with Crippen LogP contribution in [0.3, 0.4) is 0 Å². The van der Waals surface area contributed by atoms with Gasteiger partial charge in [0.25, 0.3) is 0 Å². The molecule has 1 heteroatoms. The summed E-state index contributed by atoms with van der Waals surface area (Å²) in [7, 11) is 0.